The standard InChI is InChI=1S/C17H11ClN2S2.C6H7N/c1-10-20-14(9-21-10)16-15(11-4-6-12(18)7-5-11)13-3-2-8-19-17(13)22-16;1-6-4-2-3-5-7-6/h2-9H,1H3;2-5H,1H3. The Balaban J connectivity index is 0.000000249. The largest absolute Gasteiger partial charge is 0.262 e. The molecule has 6 heteroatoms. The molecule has 0 aliphatic heterocycles. The quantitative estimate of drug-likeness (QED) is 0.289. The van der Waals surface area contributed by atoms with Gasteiger partial charge in [-0.1, -0.05) is 29.8 Å². The number of thiophene rings is 1. The number of benzene rings is 1. The smallest absolute Gasteiger partial charge is 0.124 e. The van der Waals surface area contributed by atoms with Crippen molar-refractivity contribution in [1.82, 2.24) is 15.0 Å². The van der Waals surface area contributed by atoms with Crippen molar-refractivity contribution < 1.29 is 0 Å². The summed E-state index contributed by atoms with van der Waals surface area (Å²) >= 11 is 9.39. The lowest BCUT2D eigenvalue weighted by molar-refractivity contribution is 1.20. The maximum atomic E-state index is 6.03. The maximum Gasteiger partial charge on any atom is 0.124 e. The van der Waals surface area contributed by atoms with Gasteiger partial charge in [0.05, 0.1) is 15.6 Å². The Morgan fingerprint density at radius 2 is 1.66 bits per heavy atom. The van der Waals surface area contributed by atoms with E-state index in [1.807, 2.05) is 56.4 Å². The summed E-state index contributed by atoms with van der Waals surface area (Å²) in [6.07, 6.45) is 3.62. The van der Waals surface area contributed by atoms with Crippen LogP contribution < -0.4 is 0 Å². The normalized spacial score (nSPS) is 10.6. The zero-order valence-electron chi connectivity index (χ0n) is 16.0. The first kappa shape index (κ1) is 19.7. The fourth-order valence-corrected chi connectivity index (χ4v) is 4.86. The minimum atomic E-state index is 0.743. The number of thiazole rings is 1. The Kier molecular flexibility index (Phi) is 6.00. The average molecular weight is 436 g/mol. The van der Waals surface area contributed by atoms with Gasteiger partial charge in [-0.15, -0.1) is 22.7 Å². The molecule has 0 aliphatic rings. The van der Waals surface area contributed by atoms with Crippen LogP contribution in [0.3, 0.4) is 0 Å². The number of rotatable bonds is 2. The minimum absolute atomic E-state index is 0.743. The van der Waals surface area contributed by atoms with E-state index in [0.29, 0.717) is 0 Å². The second kappa shape index (κ2) is 8.82. The van der Waals surface area contributed by atoms with E-state index in [-0.39, 0.29) is 0 Å². The van der Waals surface area contributed by atoms with E-state index in [1.54, 1.807) is 28.9 Å². The number of fused-ring (bicyclic) bond motifs is 1. The predicted molar refractivity (Wildman–Crippen MR) is 125 cm³/mol. The maximum absolute atomic E-state index is 6.03. The molecule has 0 atom stereocenters. The van der Waals surface area contributed by atoms with Crippen LogP contribution in [0, 0.1) is 13.8 Å². The molecule has 4 aromatic heterocycles. The van der Waals surface area contributed by atoms with Gasteiger partial charge in [0, 0.05) is 39.4 Å². The van der Waals surface area contributed by atoms with Gasteiger partial charge in [-0.05, 0) is 55.8 Å². The number of hydrogen-bond acceptors (Lipinski definition) is 5. The minimum Gasteiger partial charge on any atom is -0.262 e. The highest BCUT2D eigenvalue weighted by Crippen LogP contribution is 2.44. The molecule has 5 rings (SSSR count). The first-order chi connectivity index (χ1) is 14.1. The molecule has 0 radical (unpaired) electrons. The Bertz CT molecular complexity index is 1230. The summed E-state index contributed by atoms with van der Waals surface area (Å²) in [7, 11) is 0. The second-order valence-corrected chi connectivity index (χ2v) is 8.89. The average Bonchev–Trinajstić information content (AvgIpc) is 3.33. The summed E-state index contributed by atoms with van der Waals surface area (Å²) in [5.74, 6) is 0. The number of hydrogen-bond donors (Lipinski definition) is 0. The lowest BCUT2D eigenvalue weighted by Gasteiger charge is -2.03. The monoisotopic (exact) mass is 435 g/mol. The highest BCUT2D eigenvalue weighted by atomic mass is 35.5. The zero-order chi connectivity index (χ0) is 20.2. The van der Waals surface area contributed by atoms with E-state index in [9.17, 15) is 0 Å². The van der Waals surface area contributed by atoms with E-state index in [1.165, 1.54) is 10.4 Å². The highest BCUT2D eigenvalue weighted by Gasteiger charge is 2.17. The second-order valence-electron chi connectivity index (χ2n) is 6.39. The van der Waals surface area contributed by atoms with Crippen molar-refractivity contribution in [2.24, 2.45) is 0 Å². The molecule has 0 saturated heterocycles. The molecule has 0 spiro atoms. The lowest BCUT2D eigenvalue weighted by atomic mass is 10.0. The molecule has 3 nitrogen and oxygen atoms in total. The van der Waals surface area contributed by atoms with Crippen LogP contribution in [0.2, 0.25) is 5.02 Å². The Morgan fingerprint density at radius 1 is 0.862 bits per heavy atom. The molecule has 0 saturated carbocycles. The molecule has 0 fully saturated rings. The zero-order valence-corrected chi connectivity index (χ0v) is 18.4. The number of aromatic nitrogens is 3. The molecule has 1 aromatic carbocycles. The summed E-state index contributed by atoms with van der Waals surface area (Å²) in [6.45, 7) is 4.00. The number of halogens is 1. The van der Waals surface area contributed by atoms with E-state index in [4.69, 9.17) is 11.6 Å². The molecule has 0 bridgehead atoms. The SMILES string of the molecule is Cc1ccccn1.Cc1nc(-c2sc3ncccc3c2-c2ccc(Cl)cc2)cs1. The molecular weight excluding hydrogens is 418 g/mol. The molecular formula is C23H18ClN3S2. The third kappa shape index (κ3) is 4.53. The van der Waals surface area contributed by atoms with Crippen molar-refractivity contribution in [2.45, 2.75) is 13.8 Å². The summed E-state index contributed by atoms with van der Waals surface area (Å²) < 4.78 is 0. The van der Waals surface area contributed by atoms with Gasteiger partial charge in [0.25, 0.3) is 0 Å². The van der Waals surface area contributed by atoms with Gasteiger partial charge in [-0.2, -0.15) is 0 Å². The van der Waals surface area contributed by atoms with Crippen LogP contribution >= 0.6 is 34.3 Å². The van der Waals surface area contributed by atoms with Gasteiger partial charge >= 0.3 is 0 Å². The summed E-state index contributed by atoms with van der Waals surface area (Å²) in [4.78, 5) is 15.3. The van der Waals surface area contributed by atoms with E-state index in [0.717, 1.165) is 37.2 Å². The third-order valence-electron chi connectivity index (χ3n) is 4.26. The van der Waals surface area contributed by atoms with Gasteiger partial charge in [0.15, 0.2) is 0 Å². The molecule has 0 N–H and O–H groups in total. The number of nitrogens with zero attached hydrogens (tertiary/aromatic N) is 3. The molecule has 0 unspecified atom stereocenters. The molecule has 144 valence electrons. The fraction of sp³-hybridized carbons (Fsp3) is 0.0870. The van der Waals surface area contributed by atoms with Gasteiger partial charge in [-0.25, -0.2) is 9.97 Å². The fourth-order valence-electron chi connectivity index (χ4n) is 2.93. The first-order valence-corrected chi connectivity index (χ1v) is 11.1. The molecule has 29 heavy (non-hydrogen) atoms. The van der Waals surface area contributed by atoms with Crippen molar-refractivity contribution >= 4 is 44.5 Å². The van der Waals surface area contributed by atoms with Crippen molar-refractivity contribution in [3.05, 3.63) is 88.1 Å². The predicted octanol–water partition coefficient (Wildman–Crippen LogP) is 7.44. The van der Waals surface area contributed by atoms with Crippen LogP contribution in [-0.2, 0) is 0 Å². The van der Waals surface area contributed by atoms with Crippen molar-refractivity contribution in [3.63, 3.8) is 0 Å². The topological polar surface area (TPSA) is 38.7 Å². The lowest BCUT2D eigenvalue weighted by Crippen LogP contribution is -1.81. The Morgan fingerprint density at radius 3 is 2.28 bits per heavy atom. The Hall–Kier alpha value is -2.60. The van der Waals surface area contributed by atoms with Crippen molar-refractivity contribution in [3.8, 4) is 21.7 Å². The first-order valence-electron chi connectivity index (χ1n) is 9.05. The van der Waals surface area contributed by atoms with Crippen LogP contribution in [0.25, 0.3) is 31.9 Å². The van der Waals surface area contributed by atoms with Crippen molar-refractivity contribution in [2.75, 3.05) is 0 Å². The van der Waals surface area contributed by atoms with Crippen LogP contribution in [0.15, 0.2) is 72.4 Å². The van der Waals surface area contributed by atoms with Crippen LogP contribution in [-0.4, -0.2) is 15.0 Å². The van der Waals surface area contributed by atoms with E-state index >= 15 is 0 Å². The molecule has 0 amide bonds. The van der Waals surface area contributed by atoms with Gasteiger partial charge in [0.1, 0.15) is 4.83 Å². The highest BCUT2D eigenvalue weighted by molar-refractivity contribution is 7.22. The Labute approximate surface area is 182 Å². The van der Waals surface area contributed by atoms with E-state index < -0.39 is 0 Å². The van der Waals surface area contributed by atoms with Crippen LogP contribution in [0.1, 0.15) is 10.7 Å². The number of aryl methyl sites for hydroxylation is 2. The molecule has 0 aliphatic carbocycles. The molecule has 4 heterocycles. The third-order valence-corrected chi connectivity index (χ3v) is 6.43. The van der Waals surface area contributed by atoms with Gasteiger partial charge in [0.2, 0.25) is 0 Å². The van der Waals surface area contributed by atoms with Crippen molar-refractivity contribution in [1.29, 1.82) is 0 Å². The van der Waals surface area contributed by atoms with Gasteiger partial charge in [-0.3, -0.25) is 4.98 Å². The molecule has 5 aromatic rings. The summed E-state index contributed by atoms with van der Waals surface area (Å²) in [5, 5.41) is 5.09. The van der Waals surface area contributed by atoms with Crippen LogP contribution in [0.4, 0.5) is 0 Å². The van der Waals surface area contributed by atoms with Crippen LogP contribution in [0.5, 0.6) is 0 Å². The van der Waals surface area contributed by atoms with Gasteiger partial charge < -0.3 is 0 Å². The van der Waals surface area contributed by atoms with E-state index in [2.05, 4.69) is 38.5 Å². The number of pyridine rings is 2. The summed E-state index contributed by atoms with van der Waals surface area (Å²) in [6, 6.07) is 17.9. The summed E-state index contributed by atoms with van der Waals surface area (Å²) in [5.41, 5.74) is 4.43.